The van der Waals surface area contributed by atoms with Crippen LogP contribution in [0.3, 0.4) is 0 Å². The predicted molar refractivity (Wildman–Crippen MR) is 48.3 cm³/mol. The van der Waals surface area contributed by atoms with Gasteiger partial charge in [0.2, 0.25) is 0 Å². The van der Waals surface area contributed by atoms with Gasteiger partial charge in [-0.3, -0.25) is 4.98 Å². The molecule has 0 aliphatic carbocycles. The minimum Gasteiger partial charge on any atom is -0.359 e. The van der Waals surface area contributed by atoms with Crippen LogP contribution in [-0.2, 0) is 0 Å². The Morgan fingerprint density at radius 3 is 3.36 bits per heavy atom. The molecule has 11 heavy (non-hydrogen) atoms. The van der Waals surface area contributed by atoms with E-state index in [1.54, 1.807) is 6.20 Å². The molecule has 0 amide bonds. The van der Waals surface area contributed by atoms with Crippen LogP contribution in [0.4, 0.5) is 0 Å². The third kappa shape index (κ3) is 0.835. The van der Waals surface area contributed by atoms with Crippen molar-refractivity contribution in [3.63, 3.8) is 0 Å². The number of rotatable bonds is 1. The lowest BCUT2D eigenvalue weighted by molar-refractivity contribution is 1.34. The standard InChI is InChI=1S/C9H8N2.H2/c1-2-7-5-11-9-6-10-4-3-8(7)9;/h2-6,11H,1H2;1H. The van der Waals surface area contributed by atoms with Crippen LogP contribution in [-0.4, -0.2) is 9.97 Å². The third-order valence-corrected chi connectivity index (χ3v) is 1.74. The van der Waals surface area contributed by atoms with Crippen LogP contribution < -0.4 is 0 Å². The molecule has 0 aliphatic rings. The van der Waals surface area contributed by atoms with Crippen LogP contribution in [0, 0.1) is 0 Å². The number of nitrogens with one attached hydrogen (secondary N) is 1. The van der Waals surface area contributed by atoms with E-state index in [1.165, 1.54) is 5.39 Å². The molecular formula is C9H10N2. The van der Waals surface area contributed by atoms with Gasteiger partial charge in [-0.1, -0.05) is 12.7 Å². The average Bonchev–Trinajstić information content (AvgIpc) is 2.47. The second-order valence-corrected chi connectivity index (χ2v) is 2.37. The molecule has 0 spiro atoms. The van der Waals surface area contributed by atoms with E-state index < -0.39 is 0 Å². The van der Waals surface area contributed by atoms with Crippen molar-refractivity contribution >= 4 is 17.0 Å². The maximum Gasteiger partial charge on any atom is 0.0646 e. The molecule has 0 bridgehead atoms. The molecular weight excluding hydrogens is 136 g/mol. The number of hydrogen-bond acceptors (Lipinski definition) is 1. The van der Waals surface area contributed by atoms with Crippen molar-refractivity contribution in [1.82, 2.24) is 9.97 Å². The summed E-state index contributed by atoms with van der Waals surface area (Å²) < 4.78 is 0. The fraction of sp³-hybridized carbons (Fsp3) is 0. The van der Waals surface area contributed by atoms with Crippen molar-refractivity contribution in [2.45, 2.75) is 0 Å². The molecule has 1 N–H and O–H groups in total. The maximum atomic E-state index is 3.99. The zero-order valence-electron chi connectivity index (χ0n) is 6.04. The summed E-state index contributed by atoms with van der Waals surface area (Å²) in [4.78, 5) is 7.10. The summed E-state index contributed by atoms with van der Waals surface area (Å²) in [5.41, 5.74) is 2.19. The summed E-state index contributed by atoms with van der Waals surface area (Å²) in [6.45, 7) is 3.71. The Balaban J connectivity index is 0.000000720. The number of fused-ring (bicyclic) bond motifs is 1. The summed E-state index contributed by atoms with van der Waals surface area (Å²) in [5, 5.41) is 1.18. The van der Waals surface area contributed by atoms with Crippen LogP contribution in [0.2, 0.25) is 0 Å². The molecule has 2 nitrogen and oxygen atoms in total. The first kappa shape index (κ1) is 6.16. The molecule has 0 atom stereocenters. The molecule has 56 valence electrons. The van der Waals surface area contributed by atoms with Crippen molar-refractivity contribution in [2.75, 3.05) is 0 Å². The Hall–Kier alpha value is -1.57. The van der Waals surface area contributed by atoms with Crippen molar-refractivity contribution in [3.05, 3.63) is 36.8 Å². The number of nitrogens with zero attached hydrogens (tertiary/aromatic N) is 1. The Morgan fingerprint density at radius 2 is 2.55 bits per heavy atom. The number of pyridine rings is 1. The smallest absolute Gasteiger partial charge is 0.0646 e. The highest BCUT2D eigenvalue weighted by Gasteiger charge is 1.97. The van der Waals surface area contributed by atoms with E-state index in [-0.39, 0.29) is 1.43 Å². The van der Waals surface area contributed by atoms with Crippen molar-refractivity contribution in [3.8, 4) is 0 Å². The van der Waals surface area contributed by atoms with Gasteiger partial charge in [-0.15, -0.1) is 0 Å². The highest BCUT2D eigenvalue weighted by Crippen LogP contribution is 2.16. The Morgan fingerprint density at radius 1 is 1.64 bits per heavy atom. The topological polar surface area (TPSA) is 28.7 Å². The number of H-pyrrole nitrogens is 1. The summed E-state index contributed by atoms with van der Waals surface area (Å²) in [5.74, 6) is 0. The van der Waals surface area contributed by atoms with Crippen molar-refractivity contribution in [1.29, 1.82) is 0 Å². The SMILES string of the molecule is C=Cc1c[nH]c2cnccc12.[HH]. The number of aromatic amines is 1. The quantitative estimate of drug-likeness (QED) is 0.657. The van der Waals surface area contributed by atoms with Gasteiger partial charge in [0.1, 0.15) is 0 Å². The lowest BCUT2D eigenvalue weighted by atomic mass is 10.2. The summed E-state index contributed by atoms with van der Waals surface area (Å²) >= 11 is 0. The Kier molecular flexibility index (Phi) is 1.25. The third-order valence-electron chi connectivity index (χ3n) is 1.74. The van der Waals surface area contributed by atoms with Crippen molar-refractivity contribution in [2.24, 2.45) is 0 Å². The summed E-state index contributed by atoms with van der Waals surface area (Å²) in [7, 11) is 0. The van der Waals surface area contributed by atoms with E-state index in [4.69, 9.17) is 0 Å². The molecule has 2 heteroatoms. The van der Waals surface area contributed by atoms with Crippen LogP contribution >= 0.6 is 0 Å². The lowest BCUT2D eigenvalue weighted by Gasteiger charge is -1.87. The van der Waals surface area contributed by atoms with Crippen molar-refractivity contribution < 1.29 is 1.43 Å². The molecule has 0 aromatic carbocycles. The van der Waals surface area contributed by atoms with Crippen LogP contribution in [0.25, 0.3) is 17.0 Å². The molecule has 0 aliphatic heterocycles. The molecule has 2 heterocycles. The van der Waals surface area contributed by atoms with E-state index in [9.17, 15) is 0 Å². The molecule has 0 unspecified atom stereocenters. The molecule has 0 saturated carbocycles. The Bertz CT molecular complexity index is 392. The zero-order chi connectivity index (χ0) is 7.68. The lowest BCUT2D eigenvalue weighted by Crippen LogP contribution is -1.70. The van der Waals surface area contributed by atoms with Gasteiger partial charge in [-0.2, -0.15) is 0 Å². The molecule has 0 radical (unpaired) electrons. The second-order valence-electron chi connectivity index (χ2n) is 2.37. The largest absolute Gasteiger partial charge is 0.359 e. The Labute approximate surface area is 66.1 Å². The molecule has 2 rings (SSSR count). The number of aromatic nitrogens is 2. The second kappa shape index (κ2) is 2.23. The first-order chi connectivity index (χ1) is 5.42. The molecule has 2 aromatic rings. The molecule has 0 saturated heterocycles. The minimum atomic E-state index is 0. The highest BCUT2D eigenvalue weighted by molar-refractivity contribution is 5.87. The van der Waals surface area contributed by atoms with Gasteiger partial charge in [0.05, 0.1) is 11.7 Å². The van der Waals surface area contributed by atoms with Gasteiger partial charge in [0.15, 0.2) is 0 Å². The normalized spacial score (nSPS) is 10.2. The maximum absolute atomic E-state index is 3.99. The van der Waals surface area contributed by atoms with Gasteiger partial charge >= 0.3 is 0 Å². The average molecular weight is 146 g/mol. The van der Waals surface area contributed by atoms with Crippen LogP contribution in [0.5, 0.6) is 0 Å². The highest BCUT2D eigenvalue weighted by atomic mass is 14.7. The van der Waals surface area contributed by atoms with Gasteiger partial charge in [-0.25, -0.2) is 0 Å². The van der Waals surface area contributed by atoms with E-state index in [0.717, 1.165) is 11.1 Å². The zero-order valence-corrected chi connectivity index (χ0v) is 6.04. The first-order valence-corrected chi connectivity index (χ1v) is 3.45. The van der Waals surface area contributed by atoms with E-state index in [0.29, 0.717) is 0 Å². The minimum absolute atomic E-state index is 0. The molecule has 2 aromatic heterocycles. The monoisotopic (exact) mass is 146 g/mol. The fourth-order valence-electron chi connectivity index (χ4n) is 1.16. The van der Waals surface area contributed by atoms with E-state index in [1.807, 2.05) is 24.5 Å². The number of hydrogen-bond donors (Lipinski definition) is 1. The predicted octanol–water partition coefficient (Wildman–Crippen LogP) is 2.45. The van der Waals surface area contributed by atoms with Gasteiger partial charge in [0.25, 0.3) is 0 Å². The molecule has 0 fully saturated rings. The fourth-order valence-corrected chi connectivity index (χ4v) is 1.16. The van der Waals surface area contributed by atoms with Gasteiger partial charge in [-0.05, 0) is 11.6 Å². The van der Waals surface area contributed by atoms with Gasteiger partial charge in [0, 0.05) is 19.2 Å². The first-order valence-electron chi connectivity index (χ1n) is 3.45. The van der Waals surface area contributed by atoms with E-state index in [2.05, 4.69) is 16.5 Å². The van der Waals surface area contributed by atoms with Gasteiger partial charge < -0.3 is 4.98 Å². The summed E-state index contributed by atoms with van der Waals surface area (Å²) in [6, 6.07) is 1.98. The van der Waals surface area contributed by atoms with E-state index >= 15 is 0 Å². The van der Waals surface area contributed by atoms with Crippen LogP contribution in [0.1, 0.15) is 6.99 Å². The summed E-state index contributed by atoms with van der Waals surface area (Å²) in [6.07, 6.45) is 7.35. The van der Waals surface area contributed by atoms with Crippen LogP contribution in [0.15, 0.2) is 31.2 Å².